The average molecular weight is 237 g/mol. The van der Waals surface area contributed by atoms with Gasteiger partial charge in [0.15, 0.2) is 0 Å². The van der Waals surface area contributed by atoms with Gasteiger partial charge in [-0.05, 0) is 25.0 Å². The van der Waals surface area contributed by atoms with Crippen molar-refractivity contribution < 1.29 is 14.6 Å². The van der Waals surface area contributed by atoms with E-state index in [9.17, 15) is 4.79 Å². The maximum atomic E-state index is 11.3. The van der Waals surface area contributed by atoms with Gasteiger partial charge in [-0.3, -0.25) is 4.79 Å². The van der Waals surface area contributed by atoms with Crippen LogP contribution in [0.4, 0.5) is 0 Å². The molecule has 0 bridgehead atoms. The van der Waals surface area contributed by atoms with E-state index in [-0.39, 0.29) is 5.91 Å². The molecular formula is C13H19NO3. The van der Waals surface area contributed by atoms with Gasteiger partial charge in [0.2, 0.25) is 5.91 Å². The number of aliphatic hydroxyl groups excluding tert-OH is 1. The highest BCUT2D eigenvalue weighted by Gasteiger charge is 2.10. The van der Waals surface area contributed by atoms with Gasteiger partial charge in [0, 0.05) is 12.1 Å². The summed E-state index contributed by atoms with van der Waals surface area (Å²) in [6.45, 7) is 3.87. The predicted octanol–water partition coefficient (Wildman–Crippen LogP) is 1.25. The van der Waals surface area contributed by atoms with Crippen molar-refractivity contribution in [1.82, 2.24) is 5.32 Å². The quantitative estimate of drug-likeness (QED) is 0.810. The average Bonchev–Trinajstić information content (AvgIpc) is 2.35. The number of carbonyl (C=O) groups excluding carboxylic acids is 1. The Labute approximate surface area is 102 Å². The normalized spacial score (nSPS) is 12.0. The number of benzene rings is 1. The molecule has 17 heavy (non-hydrogen) atoms. The van der Waals surface area contributed by atoms with Gasteiger partial charge in [-0.25, -0.2) is 0 Å². The van der Waals surface area contributed by atoms with Crippen LogP contribution in [-0.2, 0) is 17.8 Å². The van der Waals surface area contributed by atoms with Gasteiger partial charge in [0.1, 0.15) is 11.9 Å². The topological polar surface area (TPSA) is 58.6 Å². The Hall–Kier alpha value is -1.55. The van der Waals surface area contributed by atoms with E-state index in [1.165, 1.54) is 12.5 Å². The highest BCUT2D eigenvalue weighted by Crippen LogP contribution is 2.20. The lowest BCUT2D eigenvalue weighted by Gasteiger charge is -2.12. The number of hydrogen-bond donors (Lipinski definition) is 2. The van der Waals surface area contributed by atoms with E-state index < -0.39 is 6.10 Å². The molecule has 0 fully saturated rings. The molecular weight excluding hydrogens is 218 g/mol. The summed E-state index contributed by atoms with van der Waals surface area (Å²) in [7, 11) is 1.60. The van der Waals surface area contributed by atoms with Crippen molar-refractivity contribution in [2.24, 2.45) is 0 Å². The third-order valence-electron chi connectivity index (χ3n) is 2.59. The van der Waals surface area contributed by atoms with Gasteiger partial charge >= 0.3 is 0 Å². The molecule has 0 heterocycles. The third kappa shape index (κ3) is 3.75. The van der Waals surface area contributed by atoms with Gasteiger partial charge in [0.25, 0.3) is 0 Å². The fourth-order valence-corrected chi connectivity index (χ4v) is 1.52. The van der Waals surface area contributed by atoms with Crippen molar-refractivity contribution in [3.8, 4) is 5.75 Å². The largest absolute Gasteiger partial charge is 0.496 e. The number of aliphatic hydroxyl groups is 1. The Morgan fingerprint density at radius 1 is 1.53 bits per heavy atom. The molecule has 1 aromatic carbocycles. The minimum Gasteiger partial charge on any atom is -0.496 e. The first kappa shape index (κ1) is 13.5. The molecule has 94 valence electrons. The highest BCUT2D eigenvalue weighted by atomic mass is 16.5. The molecule has 0 aromatic heterocycles. The molecule has 1 unspecified atom stereocenters. The minimum absolute atomic E-state index is 0.362. The molecule has 4 nitrogen and oxygen atoms in total. The monoisotopic (exact) mass is 237 g/mol. The lowest BCUT2D eigenvalue weighted by molar-refractivity contribution is -0.128. The van der Waals surface area contributed by atoms with E-state index in [0.717, 1.165) is 17.7 Å². The third-order valence-corrected chi connectivity index (χ3v) is 2.59. The Morgan fingerprint density at radius 3 is 2.76 bits per heavy atom. The second kappa shape index (κ2) is 6.25. The van der Waals surface area contributed by atoms with Gasteiger partial charge in [-0.2, -0.15) is 0 Å². The zero-order valence-corrected chi connectivity index (χ0v) is 10.5. The Morgan fingerprint density at radius 2 is 2.24 bits per heavy atom. The van der Waals surface area contributed by atoms with Crippen LogP contribution in [0.1, 0.15) is 25.0 Å². The Kier molecular flexibility index (Phi) is 4.97. The molecule has 0 aliphatic heterocycles. The number of ether oxygens (including phenoxy) is 1. The SMILES string of the molecule is CCc1ccc(OC)c(CNC(=O)C(C)O)c1. The lowest BCUT2D eigenvalue weighted by Crippen LogP contribution is -2.32. The summed E-state index contributed by atoms with van der Waals surface area (Å²) in [5.74, 6) is 0.363. The van der Waals surface area contributed by atoms with E-state index >= 15 is 0 Å². The van der Waals surface area contributed by atoms with Crippen molar-refractivity contribution in [2.45, 2.75) is 32.9 Å². The first-order chi connectivity index (χ1) is 8.08. The zero-order valence-electron chi connectivity index (χ0n) is 10.5. The number of aryl methyl sites for hydroxylation is 1. The van der Waals surface area contributed by atoms with E-state index in [1.54, 1.807) is 7.11 Å². The van der Waals surface area contributed by atoms with E-state index in [1.807, 2.05) is 18.2 Å². The Balaban J connectivity index is 2.77. The molecule has 4 heteroatoms. The van der Waals surface area contributed by atoms with Crippen molar-refractivity contribution in [3.63, 3.8) is 0 Å². The Bertz CT molecular complexity index is 388. The first-order valence-corrected chi connectivity index (χ1v) is 5.70. The fraction of sp³-hybridized carbons (Fsp3) is 0.462. The number of nitrogens with one attached hydrogen (secondary N) is 1. The van der Waals surface area contributed by atoms with Crippen molar-refractivity contribution in [2.75, 3.05) is 7.11 Å². The second-order valence-electron chi connectivity index (χ2n) is 3.89. The van der Waals surface area contributed by atoms with Crippen molar-refractivity contribution >= 4 is 5.91 Å². The van der Waals surface area contributed by atoms with Crippen LogP contribution in [0.15, 0.2) is 18.2 Å². The molecule has 0 saturated carbocycles. The van der Waals surface area contributed by atoms with Crippen LogP contribution in [-0.4, -0.2) is 24.2 Å². The van der Waals surface area contributed by atoms with Gasteiger partial charge in [-0.15, -0.1) is 0 Å². The number of amides is 1. The van der Waals surface area contributed by atoms with Crippen molar-refractivity contribution in [3.05, 3.63) is 29.3 Å². The van der Waals surface area contributed by atoms with Crippen LogP contribution in [0.5, 0.6) is 5.75 Å². The summed E-state index contributed by atoms with van der Waals surface area (Å²) < 4.78 is 5.22. The van der Waals surface area contributed by atoms with Crippen LogP contribution >= 0.6 is 0 Å². The molecule has 1 atom stereocenters. The number of methoxy groups -OCH3 is 1. The summed E-state index contributed by atoms with van der Waals surface area (Å²) in [6, 6.07) is 5.89. The summed E-state index contributed by atoms with van der Waals surface area (Å²) in [5.41, 5.74) is 2.10. The summed E-state index contributed by atoms with van der Waals surface area (Å²) >= 11 is 0. The molecule has 0 spiro atoms. The van der Waals surface area contributed by atoms with E-state index in [2.05, 4.69) is 12.2 Å². The molecule has 0 aliphatic carbocycles. The number of carbonyl (C=O) groups is 1. The minimum atomic E-state index is -0.990. The van der Waals surface area contributed by atoms with Gasteiger partial charge in [-0.1, -0.05) is 19.1 Å². The summed E-state index contributed by atoms with van der Waals surface area (Å²) in [4.78, 5) is 11.3. The molecule has 1 amide bonds. The summed E-state index contributed by atoms with van der Waals surface area (Å²) in [6.07, 6.45) is -0.0585. The molecule has 0 aliphatic rings. The van der Waals surface area contributed by atoms with Crippen LogP contribution in [0.3, 0.4) is 0 Å². The van der Waals surface area contributed by atoms with Crippen LogP contribution in [0.2, 0.25) is 0 Å². The molecule has 2 N–H and O–H groups in total. The lowest BCUT2D eigenvalue weighted by atomic mass is 10.1. The molecule has 1 aromatic rings. The first-order valence-electron chi connectivity index (χ1n) is 5.70. The van der Waals surface area contributed by atoms with Crippen LogP contribution in [0.25, 0.3) is 0 Å². The smallest absolute Gasteiger partial charge is 0.248 e. The number of rotatable bonds is 5. The van der Waals surface area contributed by atoms with E-state index in [0.29, 0.717) is 6.54 Å². The predicted molar refractivity (Wildman–Crippen MR) is 65.9 cm³/mol. The maximum absolute atomic E-state index is 11.3. The fourth-order valence-electron chi connectivity index (χ4n) is 1.52. The van der Waals surface area contributed by atoms with Crippen molar-refractivity contribution in [1.29, 1.82) is 0 Å². The zero-order chi connectivity index (χ0) is 12.8. The molecule has 0 saturated heterocycles. The van der Waals surface area contributed by atoms with Crippen LogP contribution in [0, 0.1) is 0 Å². The standard InChI is InChI=1S/C13H19NO3/c1-4-10-5-6-12(17-3)11(7-10)8-14-13(16)9(2)15/h5-7,9,15H,4,8H2,1-3H3,(H,14,16). The summed E-state index contributed by atoms with van der Waals surface area (Å²) in [5, 5.41) is 11.7. The number of hydrogen-bond acceptors (Lipinski definition) is 3. The molecule has 1 rings (SSSR count). The van der Waals surface area contributed by atoms with Gasteiger partial charge < -0.3 is 15.2 Å². The second-order valence-corrected chi connectivity index (χ2v) is 3.89. The van der Waals surface area contributed by atoms with E-state index in [4.69, 9.17) is 9.84 Å². The van der Waals surface area contributed by atoms with Gasteiger partial charge in [0.05, 0.1) is 7.11 Å². The maximum Gasteiger partial charge on any atom is 0.248 e. The molecule has 0 radical (unpaired) electrons. The highest BCUT2D eigenvalue weighted by molar-refractivity contribution is 5.80. The van der Waals surface area contributed by atoms with Crippen LogP contribution < -0.4 is 10.1 Å².